The number of hydrogen-bond acceptors (Lipinski definition) is 4. The molecule has 0 aromatic carbocycles. The molecule has 0 radical (unpaired) electrons. The predicted octanol–water partition coefficient (Wildman–Crippen LogP) is -1.86. The highest BCUT2D eigenvalue weighted by Crippen LogP contribution is 2.05. The lowest BCUT2D eigenvalue weighted by atomic mass is 9.99. The van der Waals surface area contributed by atoms with Crippen LogP contribution in [-0.2, 0) is 4.79 Å². The molecular formula is C5H11NO4. The van der Waals surface area contributed by atoms with Gasteiger partial charge in [-0.1, -0.05) is 0 Å². The minimum Gasteiger partial charge on any atom is -0.480 e. The summed E-state index contributed by atoms with van der Waals surface area (Å²) in [5.74, 6) is -1.33. The van der Waals surface area contributed by atoms with Crippen molar-refractivity contribution in [2.45, 2.75) is 18.6 Å². The number of rotatable bonds is 3. The molecule has 0 heterocycles. The molecule has 0 aliphatic rings. The highest BCUT2D eigenvalue weighted by Gasteiger charge is 2.33. The van der Waals surface area contributed by atoms with Crippen LogP contribution in [0.25, 0.3) is 0 Å². The predicted molar refractivity (Wildman–Crippen MR) is 33.3 cm³/mol. The van der Waals surface area contributed by atoms with Crippen LogP contribution in [0.3, 0.4) is 0 Å². The van der Waals surface area contributed by atoms with Crippen molar-refractivity contribution in [1.82, 2.24) is 0 Å². The molecule has 60 valence electrons. The molecule has 5 N–H and O–H groups in total. The molecule has 0 aliphatic heterocycles. The van der Waals surface area contributed by atoms with Crippen LogP contribution in [0.15, 0.2) is 0 Å². The summed E-state index contributed by atoms with van der Waals surface area (Å²) in [4.78, 5) is 10.1. The van der Waals surface area contributed by atoms with Gasteiger partial charge in [0.15, 0.2) is 0 Å². The molecule has 0 bridgehead atoms. The van der Waals surface area contributed by atoms with Crippen molar-refractivity contribution in [3.63, 3.8) is 0 Å². The second kappa shape index (κ2) is 2.96. The van der Waals surface area contributed by atoms with Gasteiger partial charge in [0, 0.05) is 0 Å². The Morgan fingerprint density at radius 2 is 2.20 bits per heavy atom. The Labute approximate surface area is 58.1 Å². The van der Waals surface area contributed by atoms with Gasteiger partial charge in [-0.2, -0.15) is 0 Å². The topological polar surface area (TPSA) is 104 Å². The minimum atomic E-state index is -1.74. The van der Waals surface area contributed by atoms with E-state index in [2.05, 4.69) is 0 Å². The van der Waals surface area contributed by atoms with E-state index >= 15 is 0 Å². The molecule has 5 heteroatoms. The highest BCUT2D eigenvalue weighted by atomic mass is 16.4. The van der Waals surface area contributed by atoms with Crippen molar-refractivity contribution < 1.29 is 20.1 Å². The molecule has 0 rings (SSSR count). The van der Waals surface area contributed by atoms with E-state index in [-0.39, 0.29) is 0 Å². The third-order valence-corrected chi connectivity index (χ3v) is 1.26. The van der Waals surface area contributed by atoms with Crippen LogP contribution in [0.4, 0.5) is 0 Å². The zero-order chi connectivity index (χ0) is 8.36. The molecule has 0 spiro atoms. The number of nitrogens with two attached hydrogens (primary N) is 1. The van der Waals surface area contributed by atoms with Gasteiger partial charge in [0.2, 0.25) is 0 Å². The van der Waals surface area contributed by atoms with Crippen LogP contribution in [0.5, 0.6) is 0 Å². The SMILES string of the molecule is C[C@@](O)(CO)[C@H](N)C(=O)O. The number of carboxylic acid groups (broad SMARTS) is 1. The van der Waals surface area contributed by atoms with E-state index in [4.69, 9.17) is 21.1 Å². The van der Waals surface area contributed by atoms with Gasteiger partial charge < -0.3 is 21.1 Å². The van der Waals surface area contributed by atoms with E-state index in [1.807, 2.05) is 0 Å². The summed E-state index contributed by atoms with van der Waals surface area (Å²) >= 11 is 0. The van der Waals surface area contributed by atoms with Gasteiger partial charge in [0.05, 0.1) is 6.61 Å². The van der Waals surface area contributed by atoms with E-state index in [1.54, 1.807) is 0 Å². The summed E-state index contributed by atoms with van der Waals surface area (Å²) in [5, 5.41) is 25.7. The van der Waals surface area contributed by atoms with Gasteiger partial charge >= 0.3 is 5.97 Å². The maximum absolute atomic E-state index is 10.1. The third-order valence-electron chi connectivity index (χ3n) is 1.26. The highest BCUT2D eigenvalue weighted by molar-refractivity contribution is 5.74. The molecule has 0 saturated heterocycles. The lowest BCUT2D eigenvalue weighted by Gasteiger charge is -2.23. The fourth-order valence-corrected chi connectivity index (χ4v) is 0.364. The third kappa shape index (κ3) is 1.94. The largest absolute Gasteiger partial charge is 0.480 e. The summed E-state index contributed by atoms with van der Waals surface area (Å²) in [5.41, 5.74) is 3.25. The van der Waals surface area contributed by atoms with E-state index in [0.29, 0.717) is 0 Å². The summed E-state index contributed by atoms with van der Waals surface area (Å²) in [7, 11) is 0. The van der Waals surface area contributed by atoms with Crippen LogP contribution < -0.4 is 5.73 Å². The van der Waals surface area contributed by atoms with Crippen LogP contribution in [-0.4, -0.2) is 39.5 Å². The molecule has 0 amide bonds. The summed E-state index contributed by atoms with van der Waals surface area (Å²) in [6, 6.07) is -1.45. The smallest absolute Gasteiger partial charge is 0.323 e. The molecule has 0 fully saturated rings. The van der Waals surface area contributed by atoms with E-state index in [9.17, 15) is 4.79 Å². The number of aliphatic hydroxyl groups is 2. The first kappa shape index (κ1) is 9.35. The Hall–Kier alpha value is -0.650. The fourth-order valence-electron chi connectivity index (χ4n) is 0.364. The van der Waals surface area contributed by atoms with Gasteiger partial charge in [0.1, 0.15) is 11.6 Å². The first-order chi connectivity index (χ1) is 4.41. The second-order valence-electron chi connectivity index (χ2n) is 2.33. The van der Waals surface area contributed by atoms with E-state index < -0.39 is 24.2 Å². The van der Waals surface area contributed by atoms with Gasteiger partial charge in [-0.05, 0) is 6.92 Å². The van der Waals surface area contributed by atoms with Crippen molar-refractivity contribution in [3.05, 3.63) is 0 Å². The van der Waals surface area contributed by atoms with Crippen molar-refractivity contribution in [1.29, 1.82) is 0 Å². The molecule has 2 atom stereocenters. The molecule has 0 unspecified atom stereocenters. The fraction of sp³-hybridized carbons (Fsp3) is 0.800. The Bertz CT molecular complexity index is 134. The number of aliphatic hydroxyl groups excluding tert-OH is 1. The molecule has 0 aliphatic carbocycles. The average molecular weight is 149 g/mol. The Morgan fingerprint density at radius 1 is 1.80 bits per heavy atom. The normalized spacial score (nSPS) is 19.6. The zero-order valence-electron chi connectivity index (χ0n) is 5.61. The van der Waals surface area contributed by atoms with E-state index in [1.165, 1.54) is 0 Å². The van der Waals surface area contributed by atoms with Gasteiger partial charge in [-0.3, -0.25) is 4.79 Å². The maximum Gasteiger partial charge on any atom is 0.323 e. The number of aliphatic carboxylic acids is 1. The zero-order valence-corrected chi connectivity index (χ0v) is 5.61. The van der Waals surface area contributed by atoms with Gasteiger partial charge in [0.25, 0.3) is 0 Å². The Balaban J connectivity index is 4.17. The van der Waals surface area contributed by atoms with Crippen LogP contribution in [0, 0.1) is 0 Å². The summed E-state index contributed by atoms with van der Waals surface area (Å²) in [6.07, 6.45) is 0. The first-order valence-electron chi connectivity index (χ1n) is 2.73. The number of carbonyl (C=O) groups is 1. The molecule has 5 nitrogen and oxygen atoms in total. The second-order valence-corrected chi connectivity index (χ2v) is 2.33. The molecule has 0 aromatic rings. The summed E-state index contributed by atoms with van der Waals surface area (Å²) < 4.78 is 0. The van der Waals surface area contributed by atoms with Gasteiger partial charge in [-0.15, -0.1) is 0 Å². The standard InChI is InChI=1S/C5H11NO4/c1-5(10,2-7)3(6)4(8)9/h3,7,10H,2,6H2,1H3,(H,8,9)/t3-,5-/m1/s1. The van der Waals surface area contributed by atoms with Crippen molar-refractivity contribution in [3.8, 4) is 0 Å². The molecule has 10 heavy (non-hydrogen) atoms. The summed E-state index contributed by atoms with van der Waals surface area (Å²) in [6.45, 7) is 0.492. The number of hydrogen-bond donors (Lipinski definition) is 4. The minimum absolute atomic E-state index is 0.666. The van der Waals surface area contributed by atoms with Crippen molar-refractivity contribution >= 4 is 5.97 Å². The van der Waals surface area contributed by atoms with E-state index in [0.717, 1.165) is 6.92 Å². The maximum atomic E-state index is 10.1. The molecule has 0 aromatic heterocycles. The lowest BCUT2D eigenvalue weighted by molar-refractivity contribution is -0.146. The van der Waals surface area contributed by atoms with Crippen LogP contribution >= 0.6 is 0 Å². The lowest BCUT2D eigenvalue weighted by Crippen LogP contribution is -2.53. The first-order valence-corrected chi connectivity index (χ1v) is 2.73. The Morgan fingerprint density at radius 3 is 2.30 bits per heavy atom. The Kier molecular flexibility index (Phi) is 2.77. The van der Waals surface area contributed by atoms with Crippen LogP contribution in [0.1, 0.15) is 6.92 Å². The molecule has 0 saturated carbocycles. The molecular weight excluding hydrogens is 138 g/mol. The number of carboxylic acids is 1. The monoisotopic (exact) mass is 149 g/mol. The van der Waals surface area contributed by atoms with Crippen molar-refractivity contribution in [2.75, 3.05) is 6.61 Å². The van der Waals surface area contributed by atoms with Gasteiger partial charge in [-0.25, -0.2) is 0 Å². The average Bonchev–Trinajstić information content (AvgIpc) is 1.86. The van der Waals surface area contributed by atoms with Crippen molar-refractivity contribution in [2.24, 2.45) is 5.73 Å². The quantitative estimate of drug-likeness (QED) is 0.377. The van der Waals surface area contributed by atoms with Crippen LogP contribution in [0.2, 0.25) is 0 Å².